The molecule has 0 atom stereocenters. The summed E-state index contributed by atoms with van der Waals surface area (Å²) in [6.07, 6.45) is 1.57. The van der Waals surface area contributed by atoms with Crippen LogP contribution >= 0.6 is 11.6 Å². The zero-order chi connectivity index (χ0) is 19.3. The zero-order valence-corrected chi connectivity index (χ0v) is 16.3. The van der Waals surface area contributed by atoms with E-state index in [0.717, 1.165) is 5.69 Å². The van der Waals surface area contributed by atoms with Crippen molar-refractivity contribution in [3.8, 4) is 17.2 Å². The summed E-state index contributed by atoms with van der Waals surface area (Å²) >= 11 is 6.30. The second-order valence-electron chi connectivity index (χ2n) is 5.71. The first-order chi connectivity index (χ1) is 12.4. The highest BCUT2D eigenvalue weighted by molar-refractivity contribution is 6.47. The molecule has 2 aromatic rings. The summed E-state index contributed by atoms with van der Waals surface area (Å²) < 4.78 is 15.9. The molecule has 0 aromatic heterocycles. The van der Waals surface area contributed by atoms with Crippen LogP contribution in [0.4, 0.5) is 5.69 Å². The molecule has 2 rings (SSSR count). The van der Waals surface area contributed by atoms with E-state index < -0.39 is 0 Å². The number of rotatable bonds is 7. The maximum absolute atomic E-state index is 12.7. The normalized spacial score (nSPS) is 11.1. The van der Waals surface area contributed by atoms with Crippen molar-refractivity contribution in [2.45, 2.75) is 0 Å². The standard InChI is InChI=1S/C20H22ClNO4/c1-22(2)17-12-13(6-8-19(17)26-5)20(23)16(21)11-14-10-15(24-3)7-9-18(14)25-4/h6-12H,1-5H3. The van der Waals surface area contributed by atoms with Gasteiger partial charge in [-0.2, -0.15) is 0 Å². The number of carbonyl (C=O) groups is 1. The number of allylic oxidation sites excluding steroid dienone is 1. The van der Waals surface area contributed by atoms with Crippen molar-refractivity contribution < 1.29 is 19.0 Å². The van der Waals surface area contributed by atoms with Gasteiger partial charge < -0.3 is 19.1 Å². The Morgan fingerprint density at radius 3 is 2.19 bits per heavy atom. The Labute approximate surface area is 158 Å². The van der Waals surface area contributed by atoms with Crippen LogP contribution < -0.4 is 19.1 Å². The van der Waals surface area contributed by atoms with Crippen molar-refractivity contribution in [3.05, 3.63) is 52.6 Å². The number of benzene rings is 2. The first kappa shape index (κ1) is 19.7. The SMILES string of the molecule is COc1ccc(OC)c(C=C(Cl)C(=O)c2ccc(OC)c(N(C)C)c2)c1. The monoisotopic (exact) mass is 375 g/mol. The molecule has 0 aliphatic rings. The van der Waals surface area contributed by atoms with Gasteiger partial charge in [-0.05, 0) is 42.5 Å². The number of anilines is 1. The number of ketones is 1. The Bertz CT molecular complexity index is 831. The van der Waals surface area contributed by atoms with E-state index >= 15 is 0 Å². The molecular formula is C20H22ClNO4. The lowest BCUT2D eigenvalue weighted by atomic mass is 10.1. The third-order valence-electron chi connectivity index (χ3n) is 3.86. The van der Waals surface area contributed by atoms with Crippen LogP contribution in [0.3, 0.4) is 0 Å². The van der Waals surface area contributed by atoms with Crippen molar-refractivity contribution >= 4 is 29.1 Å². The molecule has 0 spiro atoms. The van der Waals surface area contributed by atoms with Crippen molar-refractivity contribution in [2.75, 3.05) is 40.3 Å². The van der Waals surface area contributed by atoms with E-state index in [1.165, 1.54) is 0 Å². The highest BCUT2D eigenvalue weighted by Crippen LogP contribution is 2.31. The fourth-order valence-electron chi connectivity index (χ4n) is 2.47. The molecule has 0 heterocycles. The summed E-state index contributed by atoms with van der Waals surface area (Å²) in [6, 6.07) is 10.5. The van der Waals surface area contributed by atoms with Gasteiger partial charge in [-0.25, -0.2) is 0 Å². The van der Waals surface area contributed by atoms with Gasteiger partial charge in [0.15, 0.2) is 0 Å². The van der Waals surface area contributed by atoms with E-state index in [-0.39, 0.29) is 10.8 Å². The summed E-state index contributed by atoms with van der Waals surface area (Å²) in [5.74, 6) is 1.64. The molecule has 0 fully saturated rings. The molecule has 0 amide bonds. The van der Waals surface area contributed by atoms with Gasteiger partial charge in [-0.3, -0.25) is 4.79 Å². The minimum atomic E-state index is -0.290. The van der Waals surface area contributed by atoms with E-state index in [1.807, 2.05) is 19.0 Å². The van der Waals surface area contributed by atoms with Gasteiger partial charge in [-0.1, -0.05) is 11.6 Å². The summed E-state index contributed by atoms with van der Waals surface area (Å²) in [4.78, 5) is 14.6. The molecule has 0 unspecified atom stereocenters. The third kappa shape index (κ3) is 4.29. The van der Waals surface area contributed by atoms with E-state index in [1.54, 1.807) is 63.8 Å². The average Bonchev–Trinajstić information content (AvgIpc) is 2.66. The summed E-state index contributed by atoms with van der Waals surface area (Å²) in [5, 5.41) is 0.0754. The van der Waals surface area contributed by atoms with E-state index in [0.29, 0.717) is 28.4 Å². The molecule has 6 heteroatoms. The lowest BCUT2D eigenvalue weighted by Crippen LogP contribution is -2.11. The van der Waals surface area contributed by atoms with Crippen LogP contribution in [0.5, 0.6) is 17.2 Å². The smallest absolute Gasteiger partial charge is 0.204 e. The number of hydrogen-bond donors (Lipinski definition) is 0. The molecule has 5 nitrogen and oxygen atoms in total. The number of Topliss-reactive ketones (excluding diaryl/α,β-unsaturated/α-hetero) is 1. The highest BCUT2D eigenvalue weighted by Gasteiger charge is 2.15. The van der Waals surface area contributed by atoms with Crippen LogP contribution in [0.25, 0.3) is 6.08 Å². The minimum Gasteiger partial charge on any atom is -0.497 e. The van der Waals surface area contributed by atoms with E-state index in [4.69, 9.17) is 25.8 Å². The fourth-order valence-corrected chi connectivity index (χ4v) is 2.70. The molecule has 0 N–H and O–H groups in total. The van der Waals surface area contributed by atoms with Gasteiger partial charge in [-0.15, -0.1) is 0 Å². The van der Waals surface area contributed by atoms with Crippen molar-refractivity contribution in [2.24, 2.45) is 0 Å². The van der Waals surface area contributed by atoms with Gasteiger partial charge >= 0.3 is 0 Å². The Balaban J connectivity index is 2.41. The number of ether oxygens (including phenoxy) is 3. The van der Waals surface area contributed by atoms with Gasteiger partial charge in [0.2, 0.25) is 5.78 Å². The molecule has 0 saturated carbocycles. The average molecular weight is 376 g/mol. The quantitative estimate of drug-likeness (QED) is 0.535. The van der Waals surface area contributed by atoms with Gasteiger partial charge in [0, 0.05) is 25.2 Å². The lowest BCUT2D eigenvalue weighted by molar-refractivity contribution is 0.104. The predicted molar refractivity (Wildman–Crippen MR) is 105 cm³/mol. The van der Waals surface area contributed by atoms with Crippen LogP contribution in [0.15, 0.2) is 41.4 Å². The van der Waals surface area contributed by atoms with Crippen LogP contribution in [0, 0.1) is 0 Å². The molecule has 0 bridgehead atoms. The topological polar surface area (TPSA) is 48.0 Å². The molecule has 26 heavy (non-hydrogen) atoms. The number of hydrogen-bond acceptors (Lipinski definition) is 5. The second-order valence-corrected chi connectivity index (χ2v) is 6.12. The molecule has 0 saturated heterocycles. The van der Waals surface area contributed by atoms with Gasteiger partial charge in [0.05, 0.1) is 32.0 Å². The molecule has 0 aliphatic heterocycles. The van der Waals surface area contributed by atoms with Crippen LogP contribution in [0.1, 0.15) is 15.9 Å². The largest absolute Gasteiger partial charge is 0.497 e. The second kappa shape index (κ2) is 8.63. The lowest BCUT2D eigenvalue weighted by Gasteiger charge is -2.17. The molecule has 0 radical (unpaired) electrons. The summed E-state index contributed by atoms with van der Waals surface area (Å²) in [7, 11) is 8.48. The van der Waals surface area contributed by atoms with E-state index in [9.17, 15) is 4.79 Å². The Morgan fingerprint density at radius 2 is 1.62 bits per heavy atom. The number of nitrogens with zero attached hydrogens (tertiary/aromatic N) is 1. The fraction of sp³-hybridized carbons (Fsp3) is 0.250. The maximum atomic E-state index is 12.7. The van der Waals surface area contributed by atoms with E-state index in [2.05, 4.69) is 0 Å². The highest BCUT2D eigenvalue weighted by atomic mass is 35.5. The first-order valence-electron chi connectivity index (χ1n) is 7.90. The molecule has 0 aliphatic carbocycles. The van der Waals surface area contributed by atoms with Crippen LogP contribution in [-0.2, 0) is 0 Å². The molecule has 138 valence electrons. The Kier molecular flexibility index (Phi) is 6.52. The van der Waals surface area contributed by atoms with Crippen molar-refractivity contribution in [1.29, 1.82) is 0 Å². The van der Waals surface area contributed by atoms with Crippen LogP contribution in [-0.4, -0.2) is 41.2 Å². The maximum Gasteiger partial charge on any atom is 0.204 e. The Hall–Kier alpha value is -2.66. The summed E-state index contributed by atoms with van der Waals surface area (Å²) in [5.41, 5.74) is 1.92. The Morgan fingerprint density at radius 1 is 0.962 bits per heavy atom. The molecule has 2 aromatic carbocycles. The third-order valence-corrected chi connectivity index (χ3v) is 4.14. The zero-order valence-electron chi connectivity index (χ0n) is 15.5. The molecular weight excluding hydrogens is 354 g/mol. The van der Waals surface area contributed by atoms with Gasteiger partial charge in [0.1, 0.15) is 17.2 Å². The first-order valence-corrected chi connectivity index (χ1v) is 8.28. The number of carbonyl (C=O) groups excluding carboxylic acids is 1. The van der Waals surface area contributed by atoms with Crippen molar-refractivity contribution in [3.63, 3.8) is 0 Å². The number of methoxy groups -OCH3 is 3. The number of halogens is 1. The summed E-state index contributed by atoms with van der Waals surface area (Å²) in [6.45, 7) is 0. The predicted octanol–water partition coefficient (Wildman–Crippen LogP) is 4.24. The van der Waals surface area contributed by atoms with Crippen molar-refractivity contribution in [1.82, 2.24) is 0 Å². The van der Waals surface area contributed by atoms with Gasteiger partial charge in [0.25, 0.3) is 0 Å². The van der Waals surface area contributed by atoms with Crippen LogP contribution in [0.2, 0.25) is 0 Å². The minimum absolute atomic E-state index is 0.0754.